The van der Waals surface area contributed by atoms with Crippen molar-refractivity contribution in [3.8, 4) is 0 Å². The standard InChI is InChI=1S/C9H20N2O2/c1-12-4-5-13-3-2-11-7-9(6-10)8-11/h9H,2-8,10H2,1H3. The third-order valence-corrected chi connectivity index (χ3v) is 2.35. The number of rotatable bonds is 7. The average molecular weight is 188 g/mol. The van der Waals surface area contributed by atoms with Crippen molar-refractivity contribution < 1.29 is 9.47 Å². The topological polar surface area (TPSA) is 47.7 Å². The number of methoxy groups -OCH3 is 1. The molecular weight excluding hydrogens is 168 g/mol. The summed E-state index contributed by atoms with van der Waals surface area (Å²) < 4.78 is 10.2. The van der Waals surface area contributed by atoms with Gasteiger partial charge in [0.05, 0.1) is 19.8 Å². The average Bonchev–Trinajstić information content (AvgIpc) is 2.08. The Labute approximate surface area is 80.0 Å². The van der Waals surface area contributed by atoms with Gasteiger partial charge in [-0.1, -0.05) is 0 Å². The normalized spacial score (nSPS) is 18.9. The largest absolute Gasteiger partial charge is 0.382 e. The van der Waals surface area contributed by atoms with Crippen LogP contribution >= 0.6 is 0 Å². The van der Waals surface area contributed by atoms with E-state index in [1.807, 2.05) is 0 Å². The lowest BCUT2D eigenvalue weighted by Crippen LogP contribution is -2.50. The van der Waals surface area contributed by atoms with Crippen LogP contribution in [0.25, 0.3) is 0 Å². The molecule has 1 heterocycles. The van der Waals surface area contributed by atoms with E-state index >= 15 is 0 Å². The number of ether oxygens (including phenoxy) is 2. The van der Waals surface area contributed by atoms with Crippen LogP contribution in [0.1, 0.15) is 0 Å². The van der Waals surface area contributed by atoms with E-state index in [-0.39, 0.29) is 0 Å². The van der Waals surface area contributed by atoms with Gasteiger partial charge in [0.25, 0.3) is 0 Å². The first-order valence-corrected chi connectivity index (χ1v) is 4.86. The van der Waals surface area contributed by atoms with Crippen LogP contribution in [0.5, 0.6) is 0 Å². The highest BCUT2D eigenvalue weighted by atomic mass is 16.5. The number of likely N-dealkylation sites (tertiary alicyclic amines) is 1. The maximum absolute atomic E-state index is 5.52. The molecule has 1 aliphatic rings. The fourth-order valence-corrected chi connectivity index (χ4v) is 1.45. The van der Waals surface area contributed by atoms with Crippen molar-refractivity contribution in [2.45, 2.75) is 0 Å². The molecule has 0 atom stereocenters. The zero-order chi connectivity index (χ0) is 9.52. The highest BCUT2D eigenvalue weighted by Gasteiger charge is 2.24. The van der Waals surface area contributed by atoms with Crippen LogP contribution in [-0.2, 0) is 9.47 Å². The molecular formula is C9H20N2O2. The van der Waals surface area contributed by atoms with Crippen molar-refractivity contribution in [3.05, 3.63) is 0 Å². The van der Waals surface area contributed by atoms with E-state index < -0.39 is 0 Å². The van der Waals surface area contributed by atoms with Gasteiger partial charge < -0.3 is 20.1 Å². The summed E-state index contributed by atoms with van der Waals surface area (Å²) in [6.45, 7) is 6.33. The molecule has 0 unspecified atom stereocenters. The first-order valence-electron chi connectivity index (χ1n) is 4.86. The minimum Gasteiger partial charge on any atom is -0.382 e. The Morgan fingerprint density at radius 1 is 1.31 bits per heavy atom. The molecule has 0 radical (unpaired) electrons. The predicted molar refractivity (Wildman–Crippen MR) is 51.7 cm³/mol. The van der Waals surface area contributed by atoms with E-state index in [2.05, 4.69) is 4.90 Å². The van der Waals surface area contributed by atoms with E-state index in [4.69, 9.17) is 15.2 Å². The molecule has 78 valence electrons. The summed E-state index contributed by atoms with van der Waals surface area (Å²) >= 11 is 0. The summed E-state index contributed by atoms with van der Waals surface area (Å²) in [6.07, 6.45) is 0. The van der Waals surface area contributed by atoms with E-state index in [1.165, 1.54) is 0 Å². The summed E-state index contributed by atoms with van der Waals surface area (Å²) in [7, 11) is 1.69. The van der Waals surface area contributed by atoms with Gasteiger partial charge in [-0.3, -0.25) is 0 Å². The fourth-order valence-electron chi connectivity index (χ4n) is 1.45. The minimum absolute atomic E-state index is 0.686. The Hall–Kier alpha value is -0.160. The monoisotopic (exact) mass is 188 g/mol. The molecule has 4 nitrogen and oxygen atoms in total. The molecule has 0 saturated carbocycles. The maximum atomic E-state index is 5.52. The molecule has 1 aliphatic heterocycles. The second-order valence-corrected chi connectivity index (χ2v) is 3.47. The van der Waals surface area contributed by atoms with Gasteiger partial charge in [0.15, 0.2) is 0 Å². The third kappa shape index (κ3) is 4.04. The molecule has 0 aromatic rings. The maximum Gasteiger partial charge on any atom is 0.0700 e. The molecule has 1 saturated heterocycles. The number of hydrogen-bond acceptors (Lipinski definition) is 4. The van der Waals surface area contributed by atoms with Gasteiger partial charge >= 0.3 is 0 Å². The molecule has 2 N–H and O–H groups in total. The van der Waals surface area contributed by atoms with Crippen LogP contribution in [0, 0.1) is 5.92 Å². The predicted octanol–water partition coefficient (Wildman–Crippen LogP) is -0.460. The first kappa shape index (κ1) is 10.9. The summed E-state index contributed by atoms with van der Waals surface area (Å²) in [5.74, 6) is 0.721. The van der Waals surface area contributed by atoms with Crippen LogP contribution in [-0.4, -0.2) is 58.0 Å². The Balaban J connectivity index is 1.80. The van der Waals surface area contributed by atoms with Gasteiger partial charge in [-0.05, 0) is 12.5 Å². The molecule has 0 amide bonds. The number of hydrogen-bond donors (Lipinski definition) is 1. The zero-order valence-electron chi connectivity index (χ0n) is 8.37. The van der Waals surface area contributed by atoms with Crippen LogP contribution in [0.15, 0.2) is 0 Å². The summed E-state index contributed by atoms with van der Waals surface area (Å²) in [5, 5.41) is 0. The molecule has 0 aromatic carbocycles. The Kier molecular flexibility index (Phi) is 5.31. The molecule has 0 bridgehead atoms. The van der Waals surface area contributed by atoms with E-state index in [0.717, 1.165) is 38.7 Å². The van der Waals surface area contributed by atoms with Crippen molar-refractivity contribution in [2.75, 3.05) is 53.1 Å². The smallest absolute Gasteiger partial charge is 0.0700 e. The van der Waals surface area contributed by atoms with E-state index in [1.54, 1.807) is 7.11 Å². The highest BCUT2D eigenvalue weighted by molar-refractivity contribution is 4.79. The highest BCUT2D eigenvalue weighted by Crippen LogP contribution is 2.12. The van der Waals surface area contributed by atoms with E-state index in [9.17, 15) is 0 Å². The molecule has 4 heteroatoms. The molecule has 1 fully saturated rings. The van der Waals surface area contributed by atoms with Crippen LogP contribution in [0.4, 0.5) is 0 Å². The van der Waals surface area contributed by atoms with Gasteiger partial charge in [-0.25, -0.2) is 0 Å². The van der Waals surface area contributed by atoms with Crippen molar-refractivity contribution in [1.82, 2.24) is 4.90 Å². The Morgan fingerprint density at radius 2 is 2.08 bits per heavy atom. The zero-order valence-corrected chi connectivity index (χ0v) is 8.37. The van der Waals surface area contributed by atoms with Crippen molar-refractivity contribution in [3.63, 3.8) is 0 Å². The van der Waals surface area contributed by atoms with Crippen molar-refractivity contribution in [1.29, 1.82) is 0 Å². The second-order valence-electron chi connectivity index (χ2n) is 3.47. The number of nitrogens with two attached hydrogens (primary N) is 1. The number of nitrogens with zero attached hydrogens (tertiary/aromatic N) is 1. The summed E-state index contributed by atoms with van der Waals surface area (Å²) in [5.41, 5.74) is 5.52. The molecule has 0 aromatic heterocycles. The minimum atomic E-state index is 0.686. The lowest BCUT2D eigenvalue weighted by molar-refractivity contribution is 0.0305. The van der Waals surface area contributed by atoms with Gasteiger partial charge in [0.2, 0.25) is 0 Å². The molecule has 0 spiro atoms. The van der Waals surface area contributed by atoms with Gasteiger partial charge in [0.1, 0.15) is 0 Å². The van der Waals surface area contributed by atoms with Crippen LogP contribution in [0.3, 0.4) is 0 Å². The first-order chi connectivity index (χ1) is 6.36. The Morgan fingerprint density at radius 3 is 2.69 bits per heavy atom. The van der Waals surface area contributed by atoms with Gasteiger partial charge in [0, 0.05) is 26.7 Å². The van der Waals surface area contributed by atoms with Gasteiger partial charge in [-0.2, -0.15) is 0 Å². The van der Waals surface area contributed by atoms with E-state index in [0.29, 0.717) is 13.2 Å². The quantitative estimate of drug-likeness (QED) is 0.549. The van der Waals surface area contributed by atoms with Crippen molar-refractivity contribution >= 4 is 0 Å². The molecule has 13 heavy (non-hydrogen) atoms. The van der Waals surface area contributed by atoms with Gasteiger partial charge in [-0.15, -0.1) is 0 Å². The Bertz CT molecular complexity index is 127. The SMILES string of the molecule is COCCOCCN1CC(CN)C1. The third-order valence-electron chi connectivity index (χ3n) is 2.35. The molecule has 1 rings (SSSR count). The van der Waals surface area contributed by atoms with Crippen LogP contribution < -0.4 is 5.73 Å². The fraction of sp³-hybridized carbons (Fsp3) is 1.00. The molecule has 0 aliphatic carbocycles. The summed E-state index contributed by atoms with van der Waals surface area (Å²) in [6, 6.07) is 0. The van der Waals surface area contributed by atoms with Crippen LogP contribution in [0.2, 0.25) is 0 Å². The lowest BCUT2D eigenvalue weighted by Gasteiger charge is -2.38. The second kappa shape index (κ2) is 6.32. The lowest BCUT2D eigenvalue weighted by atomic mass is 10.0. The summed E-state index contributed by atoms with van der Waals surface area (Å²) in [4.78, 5) is 2.37. The van der Waals surface area contributed by atoms with Crippen molar-refractivity contribution in [2.24, 2.45) is 11.7 Å².